The molecule has 1 N–H and O–H groups in total. The van der Waals surface area contributed by atoms with E-state index in [0.717, 1.165) is 23.2 Å². The van der Waals surface area contributed by atoms with Crippen LogP contribution in [-0.4, -0.2) is 48.4 Å². The summed E-state index contributed by atoms with van der Waals surface area (Å²) in [6.07, 6.45) is 0. The normalized spacial score (nSPS) is 11.0. The molecule has 1 aromatic heterocycles. The first-order valence-electron chi connectivity index (χ1n) is 10.1. The Morgan fingerprint density at radius 1 is 1.06 bits per heavy atom. The van der Waals surface area contributed by atoms with Crippen LogP contribution in [0.5, 0.6) is 0 Å². The zero-order valence-corrected chi connectivity index (χ0v) is 18.2. The van der Waals surface area contributed by atoms with Crippen molar-refractivity contribution in [3.05, 3.63) is 87.8 Å². The average Bonchev–Trinajstić information content (AvgIpc) is 2.77. The van der Waals surface area contributed by atoms with Crippen molar-refractivity contribution >= 4 is 5.91 Å². The molecule has 2 aromatic carbocycles. The van der Waals surface area contributed by atoms with E-state index >= 15 is 0 Å². The molecule has 0 aliphatic carbocycles. The van der Waals surface area contributed by atoms with Gasteiger partial charge >= 0.3 is 0 Å². The molecule has 0 fully saturated rings. The Morgan fingerprint density at radius 3 is 2.52 bits per heavy atom. The molecule has 7 heteroatoms. The lowest BCUT2D eigenvalue weighted by Gasteiger charge is -2.13. The molecule has 3 rings (SSSR count). The van der Waals surface area contributed by atoms with E-state index in [1.807, 2.05) is 38.4 Å². The van der Waals surface area contributed by atoms with Crippen LogP contribution in [0.3, 0.4) is 0 Å². The molecule has 31 heavy (non-hydrogen) atoms. The van der Waals surface area contributed by atoms with Crippen LogP contribution < -0.4 is 10.9 Å². The minimum Gasteiger partial charge on any atom is -0.383 e. The molecule has 7 nitrogen and oxygen atoms in total. The second kappa shape index (κ2) is 10.7. The van der Waals surface area contributed by atoms with Crippen LogP contribution in [0.25, 0.3) is 11.1 Å². The molecule has 0 bridgehead atoms. The average molecular weight is 421 g/mol. The maximum Gasteiger partial charge on any atom is 0.271 e. The van der Waals surface area contributed by atoms with E-state index in [-0.39, 0.29) is 17.2 Å². The third kappa shape index (κ3) is 6.10. The van der Waals surface area contributed by atoms with Gasteiger partial charge in [0, 0.05) is 26.3 Å². The van der Waals surface area contributed by atoms with Crippen molar-refractivity contribution in [3.63, 3.8) is 0 Å². The molecule has 0 aliphatic rings. The minimum atomic E-state index is -0.331. The number of benzene rings is 2. The maximum absolute atomic E-state index is 12.6. The van der Waals surface area contributed by atoms with Gasteiger partial charge in [0.25, 0.3) is 11.5 Å². The van der Waals surface area contributed by atoms with Gasteiger partial charge in [-0.25, -0.2) is 4.68 Å². The predicted molar refractivity (Wildman–Crippen MR) is 121 cm³/mol. The first-order chi connectivity index (χ1) is 15.0. The number of carbonyl (C=O) groups is 1. The first-order valence-corrected chi connectivity index (χ1v) is 10.1. The summed E-state index contributed by atoms with van der Waals surface area (Å²) >= 11 is 0. The molecule has 0 saturated heterocycles. The van der Waals surface area contributed by atoms with Gasteiger partial charge in [-0.1, -0.05) is 48.5 Å². The van der Waals surface area contributed by atoms with Gasteiger partial charge in [0.05, 0.1) is 13.2 Å². The highest BCUT2D eigenvalue weighted by molar-refractivity contribution is 5.92. The second-order valence-electron chi connectivity index (χ2n) is 7.55. The van der Waals surface area contributed by atoms with Gasteiger partial charge in [0.15, 0.2) is 0 Å². The number of aromatic nitrogens is 2. The lowest BCUT2D eigenvalue weighted by Crippen LogP contribution is -2.30. The summed E-state index contributed by atoms with van der Waals surface area (Å²) < 4.78 is 6.22. The fourth-order valence-corrected chi connectivity index (χ4v) is 3.28. The van der Waals surface area contributed by atoms with Gasteiger partial charge in [-0.05, 0) is 42.4 Å². The second-order valence-corrected chi connectivity index (χ2v) is 7.55. The first kappa shape index (κ1) is 22.4. The third-order valence-corrected chi connectivity index (χ3v) is 4.83. The number of amides is 1. The van der Waals surface area contributed by atoms with Crippen LogP contribution in [0.4, 0.5) is 0 Å². The number of nitrogens with one attached hydrogen (secondary N) is 1. The molecule has 3 aromatic rings. The van der Waals surface area contributed by atoms with Crippen LogP contribution in [0.2, 0.25) is 0 Å². The van der Waals surface area contributed by atoms with E-state index in [0.29, 0.717) is 19.7 Å². The third-order valence-electron chi connectivity index (χ3n) is 4.83. The van der Waals surface area contributed by atoms with Gasteiger partial charge in [-0.3, -0.25) is 9.59 Å². The molecule has 1 heterocycles. The lowest BCUT2D eigenvalue weighted by atomic mass is 9.98. The zero-order valence-electron chi connectivity index (χ0n) is 18.2. The van der Waals surface area contributed by atoms with E-state index in [1.54, 1.807) is 7.11 Å². The molecule has 1 amide bonds. The molecule has 0 aliphatic heterocycles. The van der Waals surface area contributed by atoms with E-state index in [4.69, 9.17) is 4.74 Å². The number of carbonyl (C=O) groups excluding carboxylic acids is 1. The Hall–Kier alpha value is -3.29. The smallest absolute Gasteiger partial charge is 0.271 e. The highest BCUT2D eigenvalue weighted by Crippen LogP contribution is 2.24. The Kier molecular flexibility index (Phi) is 7.70. The van der Waals surface area contributed by atoms with Crippen LogP contribution in [0.15, 0.2) is 65.5 Å². The van der Waals surface area contributed by atoms with E-state index in [9.17, 15) is 9.59 Å². The highest BCUT2D eigenvalue weighted by Gasteiger charge is 2.11. The van der Waals surface area contributed by atoms with Crippen molar-refractivity contribution in [2.45, 2.75) is 19.6 Å². The molecular formula is C24H28N4O3. The van der Waals surface area contributed by atoms with Crippen LogP contribution >= 0.6 is 0 Å². The highest BCUT2D eigenvalue weighted by atomic mass is 16.5. The van der Waals surface area contributed by atoms with Gasteiger partial charge < -0.3 is 15.0 Å². The SMILES string of the molecule is COCCn1nc(C(=O)NCc2ccccc2-c2ccc(CN(C)C)cc2)ccc1=O. The van der Waals surface area contributed by atoms with Gasteiger partial charge in [0.1, 0.15) is 5.69 Å². The van der Waals surface area contributed by atoms with E-state index in [2.05, 4.69) is 39.6 Å². The maximum atomic E-state index is 12.6. The molecule has 0 radical (unpaired) electrons. The summed E-state index contributed by atoms with van der Waals surface area (Å²) in [5.74, 6) is -0.331. The summed E-state index contributed by atoms with van der Waals surface area (Å²) in [6, 6.07) is 19.2. The molecule has 0 atom stereocenters. The molecule has 162 valence electrons. The summed E-state index contributed by atoms with van der Waals surface area (Å²) in [5.41, 5.74) is 4.34. The van der Waals surface area contributed by atoms with Crippen LogP contribution in [-0.2, 0) is 24.4 Å². The topological polar surface area (TPSA) is 76.5 Å². The van der Waals surface area contributed by atoms with Gasteiger partial charge in [-0.2, -0.15) is 5.10 Å². The molecular weight excluding hydrogens is 392 g/mol. The van der Waals surface area contributed by atoms with Crippen molar-refractivity contribution in [3.8, 4) is 11.1 Å². The van der Waals surface area contributed by atoms with Gasteiger partial charge in [-0.15, -0.1) is 0 Å². The van der Waals surface area contributed by atoms with Crippen molar-refractivity contribution in [1.29, 1.82) is 0 Å². The van der Waals surface area contributed by atoms with Crippen molar-refractivity contribution in [1.82, 2.24) is 20.0 Å². The Bertz CT molecular complexity index is 1070. The number of rotatable bonds is 9. The minimum absolute atomic E-state index is 0.196. The number of nitrogens with zero attached hydrogens (tertiary/aromatic N) is 3. The fraction of sp³-hybridized carbons (Fsp3) is 0.292. The van der Waals surface area contributed by atoms with E-state index < -0.39 is 0 Å². The van der Waals surface area contributed by atoms with Crippen molar-refractivity contribution < 1.29 is 9.53 Å². The monoisotopic (exact) mass is 420 g/mol. The number of methoxy groups -OCH3 is 1. The molecule has 0 unspecified atom stereocenters. The van der Waals surface area contributed by atoms with E-state index in [1.165, 1.54) is 22.4 Å². The quantitative estimate of drug-likeness (QED) is 0.576. The largest absolute Gasteiger partial charge is 0.383 e. The Labute approximate surface area is 182 Å². The molecule has 0 spiro atoms. The summed E-state index contributed by atoms with van der Waals surface area (Å²) in [5, 5.41) is 7.05. The fourth-order valence-electron chi connectivity index (χ4n) is 3.28. The number of hydrogen-bond acceptors (Lipinski definition) is 5. The predicted octanol–water partition coefficient (Wildman–Crippen LogP) is 2.55. The molecule has 0 saturated carbocycles. The van der Waals surface area contributed by atoms with Crippen LogP contribution in [0.1, 0.15) is 21.6 Å². The zero-order chi connectivity index (χ0) is 22.2. The lowest BCUT2D eigenvalue weighted by molar-refractivity contribution is 0.0942. The van der Waals surface area contributed by atoms with Crippen molar-refractivity contribution in [2.75, 3.05) is 27.8 Å². The van der Waals surface area contributed by atoms with Crippen molar-refractivity contribution in [2.24, 2.45) is 0 Å². The Balaban J connectivity index is 1.73. The summed E-state index contributed by atoms with van der Waals surface area (Å²) in [6.45, 7) is 1.88. The van der Waals surface area contributed by atoms with Crippen LogP contribution in [0, 0.1) is 0 Å². The number of ether oxygens (including phenoxy) is 1. The standard InChI is InChI=1S/C24H28N4O3/c1-27(2)17-18-8-10-19(11-9-18)21-7-5-4-6-20(21)16-25-24(30)22-12-13-23(29)28(26-22)14-15-31-3/h4-13H,14-17H2,1-3H3,(H,25,30). The Morgan fingerprint density at radius 2 is 1.81 bits per heavy atom. The summed E-state index contributed by atoms with van der Waals surface area (Å²) in [7, 11) is 5.64. The number of hydrogen-bond donors (Lipinski definition) is 1. The summed E-state index contributed by atoms with van der Waals surface area (Å²) in [4.78, 5) is 26.6. The van der Waals surface area contributed by atoms with Gasteiger partial charge in [0.2, 0.25) is 0 Å².